The van der Waals surface area contributed by atoms with E-state index in [1.54, 1.807) is 0 Å². The second kappa shape index (κ2) is 3.94. The van der Waals surface area contributed by atoms with Crippen molar-refractivity contribution in [3.63, 3.8) is 0 Å². The lowest BCUT2D eigenvalue weighted by Gasteiger charge is -2.20. The van der Waals surface area contributed by atoms with Crippen LogP contribution in [0, 0.1) is 0 Å². The molecule has 62 valence electrons. The molecule has 0 spiro atoms. The SMILES string of the molecule is CC.CN(C)C1(CO)CC1. The highest BCUT2D eigenvalue weighted by Gasteiger charge is 2.43. The Morgan fingerprint density at radius 3 is 1.70 bits per heavy atom. The number of aliphatic hydroxyl groups excluding tert-OH is 1. The average molecular weight is 145 g/mol. The van der Waals surface area contributed by atoms with E-state index in [0.29, 0.717) is 6.61 Å². The molecule has 10 heavy (non-hydrogen) atoms. The van der Waals surface area contributed by atoms with Crippen molar-refractivity contribution in [2.24, 2.45) is 0 Å². The first kappa shape index (κ1) is 9.92. The molecule has 0 radical (unpaired) electrons. The summed E-state index contributed by atoms with van der Waals surface area (Å²) in [7, 11) is 4.03. The Balaban J connectivity index is 0.000000371. The molecular weight excluding hydrogens is 126 g/mol. The number of hydrogen-bond donors (Lipinski definition) is 1. The fourth-order valence-electron chi connectivity index (χ4n) is 0.891. The molecule has 1 N–H and O–H groups in total. The van der Waals surface area contributed by atoms with Crippen molar-refractivity contribution in [1.82, 2.24) is 4.90 Å². The molecule has 0 amide bonds. The van der Waals surface area contributed by atoms with Crippen LogP contribution in [0.1, 0.15) is 26.7 Å². The zero-order chi connectivity index (χ0) is 8.20. The van der Waals surface area contributed by atoms with E-state index in [1.165, 1.54) is 0 Å². The van der Waals surface area contributed by atoms with Gasteiger partial charge in [0.05, 0.1) is 6.61 Å². The van der Waals surface area contributed by atoms with Gasteiger partial charge in [0, 0.05) is 5.54 Å². The van der Waals surface area contributed by atoms with Gasteiger partial charge in [-0.2, -0.15) is 0 Å². The van der Waals surface area contributed by atoms with Gasteiger partial charge in [-0.05, 0) is 26.9 Å². The maximum atomic E-state index is 8.79. The Hall–Kier alpha value is -0.0800. The van der Waals surface area contributed by atoms with Gasteiger partial charge in [0.1, 0.15) is 0 Å². The van der Waals surface area contributed by atoms with Gasteiger partial charge in [0.25, 0.3) is 0 Å². The van der Waals surface area contributed by atoms with Gasteiger partial charge in [0.2, 0.25) is 0 Å². The Labute approximate surface area is 63.8 Å². The van der Waals surface area contributed by atoms with Gasteiger partial charge in [-0.3, -0.25) is 0 Å². The van der Waals surface area contributed by atoms with Crippen molar-refractivity contribution in [2.45, 2.75) is 32.2 Å². The first-order valence-electron chi connectivity index (χ1n) is 3.99. The minimum absolute atomic E-state index is 0.181. The molecule has 1 aliphatic rings. The van der Waals surface area contributed by atoms with Crippen LogP contribution in [-0.4, -0.2) is 36.2 Å². The highest BCUT2D eigenvalue weighted by atomic mass is 16.3. The van der Waals surface area contributed by atoms with Crippen molar-refractivity contribution in [2.75, 3.05) is 20.7 Å². The molecule has 0 aliphatic heterocycles. The van der Waals surface area contributed by atoms with E-state index in [-0.39, 0.29) is 5.54 Å². The smallest absolute Gasteiger partial charge is 0.0615 e. The van der Waals surface area contributed by atoms with Gasteiger partial charge < -0.3 is 10.0 Å². The van der Waals surface area contributed by atoms with Crippen LogP contribution < -0.4 is 0 Å². The Morgan fingerprint density at radius 1 is 1.30 bits per heavy atom. The van der Waals surface area contributed by atoms with Gasteiger partial charge in [0.15, 0.2) is 0 Å². The molecule has 0 atom stereocenters. The second-order valence-corrected chi connectivity index (χ2v) is 2.78. The van der Waals surface area contributed by atoms with Crippen LogP contribution in [0.15, 0.2) is 0 Å². The van der Waals surface area contributed by atoms with Crippen LogP contribution in [0.5, 0.6) is 0 Å². The molecule has 0 aromatic carbocycles. The fourth-order valence-corrected chi connectivity index (χ4v) is 0.891. The summed E-state index contributed by atoms with van der Waals surface area (Å²) >= 11 is 0. The van der Waals surface area contributed by atoms with Crippen molar-refractivity contribution < 1.29 is 5.11 Å². The lowest BCUT2D eigenvalue weighted by molar-refractivity contribution is 0.152. The van der Waals surface area contributed by atoms with E-state index >= 15 is 0 Å². The predicted molar refractivity (Wildman–Crippen MR) is 44.1 cm³/mol. The molecule has 0 aromatic rings. The molecule has 1 aliphatic carbocycles. The summed E-state index contributed by atoms with van der Waals surface area (Å²) in [5.74, 6) is 0. The largest absolute Gasteiger partial charge is 0.394 e. The van der Waals surface area contributed by atoms with E-state index in [2.05, 4.69) is 4.90 Å². The van der Waals surface area contributed by atoms with E-state index in [9.17, 15) is 0 Å². The van der Waals surface area contributed by atoms with Crippen LogP contribution in [0.25, 0.3) is 0 Å². The van der Waals surface area contributed by atoms with Crippen LogP contribution in [0.3, 0.4) is 0 Å². The lowest BCUT2D eigenvalue weighted by atomic mass is 10.3. The Kier molecular flexibility index (Phi) is 3.91. The van der Waals surface area contributed by atoms with Crippen molar-refractivity contribution in [3.8, 4) is 0 Å². The zero-order valence-electron chi connectivity index (χ0n) is 7.52. The van der Waals surface area contributed by atoms with Crippen molar-refractivity contribution in [1.29, 1.82) is 0 Å². The predicted octanol–water partition coefficient (Wildman–Crippen LogP) is 1.10. The monoisotopic (exact) mass is 145 g/mol. The first-order valence-corrected chi connectivity index (χ1v) is 3.99. The second-order valence-electron chi connectivity index (χ2n) is 2.78. The number of nitrogens with zero attached hydrogens (tertiary/aromatic N) is 1. The van der Waals surface area contributed by atoms with Crippen LogP contribution in [-0.2, 0) is 0 Å². The minimum Gasteiger partial charge on any atom is -0.394 e. The first-order chi connectivity index (χ1) is 4.71. The van der Waals surface area contributed by atoms with Gasteiger partial charge >= 0.3 is 0 Å². The average Bonchev–Trinajstić information content (AvgIpc) is 2.71. The molecule has 2 heteroatoms. The molecule has 0 aromatic heterocycles. The number of rotatable bonds is 2. The summed E-state index contributed by atoms with van der Waals surface area (Å²) in [5.41, 5.74) is 0.181. The molecule has 1 fully saturated rings. The number of aliphatic hydroxyl groups is 1. The maximum absolute atomic E-state index is 8.79. The minimum atomic E-state index is 0.181. The Bertz CT molecular complexity index is 87.3. The summed E-state index contributed by atoms with van der Waals surface area (Å²) in [6.07, 6.45) is 2.33. The summed E-state index contributed by atoms with van der Waals surface area (Å²) in [6, 6.07) is 0. The fraction of sp³-hybridized carbons (Fsp3) is 1.00. The quantitative estimate of drug-likeness (QED) is 0.629. The van der Waals surface area contributed by atoms with E-state index in [0.717, 1.165) is 12.8 Å². The van der Waals surface area contributed by atoms with Gasteiger partial charge in [-0.1, -0.05) is 13.8 Å². The summed E-state index contributed by atoms with van der Waals surface area (Å²) in [5, 5.41) is 8.79. The molecule has 0 heterocycles. The highest BCUT2D eigenvalue weighted by molar-refractivity contribution is 5.00. The molecule has 2 nitrogen and oxygen atoms in total. The number of hydrogen-bond acceptors (Lipinski definition) is 2. The third kappa shape index (κ3) is 1.96. The van der Waals surface area contributed by atoms with Crippen LogP contribution in [0.4, 0.5) is 0 Å². The normalized spacial score (nSPS) is 19.8. The van der Waals surface area contributed by atoms with Crippen molar-refractivity contribution >= 4 is 0 Å². The molecule has 0 bridgehead atoms. The third-order valence-corrected chi connectivity index (χ3v) is 2.07. The van der Waals surface area contributed by atoms with E-state index < -0.39 is 0 Å². The zero-order valence-corrected chi connectivity index (χ0v) is 7.52. The lowest BCUT2D eigenvalue weighted by Crippen LogP contribution is -2.33. The van der Waals surface area contributed by atoms with Crippen LogP contribution >= 0.6 is 0 Å². The third-order valence-electron chi connectivity index (χ3n) is 2.07. The number of likely N-dealkylation sites (N-methyl/N-ethyl adjacent to an activating group) is 1. The van der Waals surface area contributed by atoms with Gasteiger partial charge in [-0.25, -0.2) is 0 Å². The summed E-state index contributed by atoms with van der Waals surface area (Å²) < 4.78 is 0. The van der Waals surface area contributed by atoms with E-state index in [1.807, 2.05) is 27.9 Å². The summed E-state index contributed by atoms with van der Waals surface area (Å²) in [4.78, 5) is 2.10. The molecular formula is C8H19NO. The maximum Gasteiger partial charge on any atom is 0.0615 e. The molecule has 1 saturated carbocycles. The van der Waals surface area contributed by atoms with Gasteiger partial charge in [-0.15, -0.1) is 0 Å². The Morgan fingerprint density at radius 2 is 1.70 bits per heavy atom. The summed E-state index contributed by atoms with van der Waals surface area (Å²) in [6.45, 7) is 4.32. The molecule has 0 unspecified atom stereocenters. The topological polar surface area (TPSA) is 23.5 Å². The van der Waals surface area contributed by atoms with Crippen molar-refractivity contribution in [3.05, 3.63) is 0 Å². The molecule has 1 rings (SSSR count). The van der Waals surface area contributed by atoms with Crippen LogP contribution in [0.2, 0.25) is 0 Å². The highest BCUT2D eigenvalue weighted by Crippen LogP contribution is 2.38. The standard InChI is InChI=1S/C6H13NO.C2H6/c1-7(2)6(5-8)3-4-6;1-2/h8H,3-5H2,1-2H3;1-2H3. The molecule has 0 saturated heterocycles. The van der Waals surface area contributed by atoms with E-state index in [4.69, 9.17) is 5.11 Å².